The Balaban J connectivity index is 1.93. The second-order valence-electron chi connectivity index (χ2n) is 6.36. The van der Waals surface area contributed by atoms with E-state index in [1.54, 1.807) is 0 Å². The van der Waals surface area contributed by atoms with Crippen LogP contribution >= 0.6 is 0 Å². The SMILES string of the molecule is O=C(O)C1CN(C(=O)C2(c3ccc(F)cc3F)CCCC2)CCO1. The van der Waals surface area contributed by atoms with E-state index in [0.717, 1.165) is 25.0 Å². The smallest absolute Gasteiger partial charge is 0.334 e. The zero-order valence-electron chi connectivity index (χ0n) is 13.1. The molecular weight excluding hydrogens is 320 g/mol. The first-order valence-electron chi connectivity index (χ1n) is 8.03. The Bertz CT molecular complexity index is 658. The Morgan fingerprint density at radius 2 is 1.96 bits per heavy atom. The highest BCUT2D eigenvalue weighted by molar-refractivity contribution is 5.89. The van der Waals surface area contributed by atoms with Crippen molar-refractivity contribution in [1.29, 1.82) is 0 Å². The third-order valence-corrected chi connectivity index (χ3v) is 4.94. The van der Waals surface area contributed by atoms with Crippen LogP contribution < -0.4 is 0 Å². The molecule has 1 unspecified atom stereocenters. The quantitative estimate of drug-likeness (QED) is 0.916. The van der Waals surface area contributed by atoms with Crippen LogP contribution in [0.25, 0.3) is 0 Å². The van der Waals surface area contributed by atoms with Gasteiger partial charge < -0.3 is 14.7 Å². The van der Waals surface area contributed by atoms with Gasteiger partial charge in [-0.1, -0.05) is 18.9 Å². The second-order valence-corrected chi connectivity index (χ2v) is 6.36. The lowest BCUT2D eigenvalue weighted by Gasteiger charge is -2.38. The lowest BCUT2D eigenvalue weighted by molar-refractivity contribution is -0.161. The van der Waals surface area contributed by atoms with Crippen molar-refractivity contribution in [2.45, 2.75) is 37.2 Å². The van der Waals surface area contributed by atoms with E-state index in [1.807, 2.05) is 0 Å². The Labute approximate surface area is 138 Å². The number of carbonyl (C=O) groups excluding carboxylic acids is 1. The summed E-state index contributed by atoms with van der Waals surface area (Å²) in [5, 5.41) is 9.09. The van der Waals surface area contributed by atoms with Gasteiger partial charge in [0, 0.05) is 18.2 Å². The average molecular weight is 339 g/mol. The molecule has 1 amide bonds. The van der Waals surface area contributed by atoms with Gasteiger partial charge in [0.2, 0.25) is 5.91 Å². The molecule has 3 rings (SSSR count). The molecule has 0 bridgehead atoms. The highest BCUT2D eigenvalue weighted by Gasteiger charge is 2.47. The molecule has 1 N–H and O–H groups in total. The fourth-order valence-electron chi connectivity index (χ4n) is 3.74. The first-order valence-corrected chi connectivity index (χ1v) is 8.03. The van der Waals surface area contributed by atoms with Gasteiger partial charge in [-0.05, 0) is 18.9 Å². The van der Waals surface area contributed by atoms with Crippen molar-refractivity contribution in [1.82, 2.24) is 4.90 Å². The minimum atomic E-state index is -1.12. The number of morpholine rings is 1. The van der Waals surface area contributed by atoms with Crippen LogP contribution in [0.2, 0.25) is 0 Å². The number of carbonyl (C=O) groups is 2. The normalized spacial score (nSPS) is 23.2. The van der Waals surface area contributed by atoms with Gasteiger partial charge >= 0.3 is 5.97 Å². The standard InChI is InChI=1S/C17H19F2NO4/c18-11-3-4-12(13(19)9-11)17(5-1-2-6-17)16(23)20-7-8-24-14(10-20)15(21)22/h3-4,9,14H,1-2,5-8,10H2,(H,21,22). The maximum absolute atomic E-state index is 14.4. The number of hydrogen-bond donors (Lipinski definition) is 1. The Morgan fingerprint density at radius 3 is 2.58 bits per heavy atom. The molecule has 24 heavy (non-hydrogen) atoms. The zero-order chi connectivity index (χ0) is 17.3. The van der Waals surface area contributed by atoms with Crippen molar-refractivity contribution >= 4 is 11.9 Å². The van der Waals surface area contributed by atoms with Crippen LogP contribution in [0.1, 0.15) is 31.2 Å². The summed E-state index contributed by atoms with van der Waals surface area (Å²) in [5.74, 6) is -2.83. The summed E-state index contributed by atoms with van der Waals surface area (Å²) in [7, 11) is 0. The summed E-state index contributed by atoms with van der Waals surface area (Å²) < 4.78 is 32.7. The molecule has 2 aliphatic rings. The molecule has 1 aliphatic heterocycles. The van der Waals surface area contributed by atoms with E-state index in [4.69, 9.17) is 9.84 Å². The van der Waals surface area contributed by atoms with Gasteiger partial charge in [0.1, 0.15) is 11.6 Å². The highest BCUT2D eigenvalue weighted by atomic mass is 19.1. The van der Waals surface area contributed by atoms with Gasteiger partial charge in [0.05, 0.1) is 18.6 Å². The van der Waals surface area contributed by atoms with Crippen molar-refractivity contribution in [3.05, 3.63) is 35.4 Å². The number of carboxylic acids is 1. The van der Waals surface area contributed by atoms with E-state index in [2.05, 4.69) is 0 Å². The number of amides is 1. The van der Waals surface area contributed by atoms with Crippen molar-refractivity contribution in [3.8, 4) is 0 Å². The molecule has 1 saturated carbocycles. The molecule has 1 heterocycles. The summed E-state index contributed by atoms with van der Waals surface area (Å²) >= 11 is 0. The van der Waals surface area contributed by atoms with Crippen LogP contribution in [0.4, 0.5) is 8.78 Å². The Kier molecular flexibility index (Phi) is 4.54. The fraction of sp³-hybridized carbons (Fsp3) is 0.529. The summed E-state index contributed by atoms with van der Waals surface area (Å²) in [6, 6.07) is 3.29. The van der Waals surface area contributed by atoms with E-state index >= 15 is 0 Å². The molecular formula is C17H19F2NO4. The molecule has 1 aromatic carbocycles. The van der Waals surface area contributed by atoms with Crippen LogP contribution in [0, 0.1) is 11.6 Å². The van der Waals surface area contributed by atoms with Crippen LogP contribution in [0.15, 0.2) is 18.2 Å². The maximum Gasteiger partial charge on any atom is 0.334 e. The predicted molar refractivity (Wildman–Crippen MR) is 80.5 cm³/mol. The minimum Gasteiger partial charge on any atom is -0.479 e. The van der Waals surface area contributed by atoms with Crippen LogP contribution in [-0.2, 0) is 19.7 Å². The van der Waals surface area contributed by atoms with Gasteiger partial charge in [-0.25, -0.2) is 13.6 Å². The van der Waals surface area contributed by atoms with Crippen LogP contribution in [-0.4, -0.2) is 47.7 Å². The van der Waals surface area contributed by atoms with Gasteiger partial charge in [-0.15, -0.1) is 0 Å². The predicted octanol–water partition coefficient (Wildman–Crippen LogP) is 2.09. The summed E-state index contributed by atoms with van der Waals surface area (Å²) in [6.45, 7) is 0.344. The molecule has 1 saturated heterocycles. The van der Waals surface area contributed by atoms with E-state index in [9.17, 15) is 18.4 Å². The molecule has 5 nitrogen and oxygen atoms in total. The molecule has 2 fully saturated rings. The molecule has 130 valence electrons. The topological polar surface area (TPSA) is 66.8 Å². The number of rotatable bonds is 3. The molecule has 0 spiro atoms. The van der Waals surface area contributed by atoms with Crippen LogP contribution in [0.5, 0.6) is 0 Å². The van der Waals surface area contributed by atoms with Gasteiger partial charge in [0.15, 0.2) is 6.10 Å². The Morgan fingerprint density at radius 1 is 1.25 bits per heavy atom. The van der Waals surface area contributed by atoms with Crippen molar-refractivity contribution in [2.75, 3.05) is 19.7 Å². The third-order valence-electron chi connectivity index (χ3n) is 4.94. The van der Waals surface area contributed by atoms with Crippen molar-refractivity contribution < 1.29 is 28.2 Å². The molecule has 1 atom stereocenters. The number of ether oxygens (including phenoxy) is 1. The molecule has 0 aromatic heterocycles. The van der Waals surface area contributed by atoms with Crippen molar-refractivity contribution in [2.24, 2.45) is 0 Å². The highest BCUT2D eigenvalue weighted by Crippen LogP contribution is 2.44. The summed E-state index contributed by atoms with van der Waals surface area (Å²) in [4.78, 5) is 25.7. The van der Waals surface area contributed by atoms with E-state index in [1.165, 1.54) is 11.0 Å². The number of nitrogens with zero attached hydrogens (tertiary/aromatic N) is 1. The van der Waals surface area contributed by atoms with Crippen molar-refractivity contribution in [3.63, 3.8) is 0 Å². The molecule has 0 radical (unpaired) electrons. The number of benzene rings is 1. The fourth-order valence-corrected chi connectivity index (χ4v) is 3.74. The number of halogens is 2. The van der Waals surface area contributed by atoms with E-state index in [0.29, 0.717) is 12.8 Å². The first-order chi connectivity index (χ1) is 11.4. The second kappa shape index (κ2) is 6.47. The maximum atomic E-state index is 14.4. The first kappa shape index (κ1) is 16.8. The summed E-state index contributed by atoms with van der Waals surface area (Å²) in [5.41, 5.74) is -0.845. The monoisotopic (exact) mass is 339 g/mol. The average Bonchev–Trinajstić information content (AvgIpc) is 3.05. The third kappa shape index (κ3) is 2.88. The lowest BCUT2D eigenvalue weighted by atomic mass is 9.77. The number of carboxylic acid groups (broad SMARTS) is 1. The number of hydrogen-bond acceptors (Lipinski definition) is 3. The lowest BCUT2D eigenvalue weighted by Crippen LogP contribution is -2.54. The van der Waals surface area contributed by atoms with Gasteiger partial charge in [0.25, 0.3) is 0 Å². The minimum absolute atomic E-state index is 0.0568. The zero-order valence-corrected chi connectivity index (χ0v) is 13.1. The van der Waals surface area contributed by atoms with E-state index in [-0.39, 0.29) is 31.2 Å². The molecule has 7 heteroatoms. The van der Waals surface area contributed by atoms with Gasteiger partial charge in [-0.3, -0.25) is 4.79 Å². The van der Waals surface area contributed by atoms with Gasteiger partial charge in [-0.2, -0.15) is 0 Å². The number of aliphatic carboxylic acids is 1. The van der Waals surface area contributed by atoms with Crippen LogP contribution in [0.3, 0.4) is 0 Å². The summed E-state index contributed by atoms with van der Waals surface area (Å²) in [6.07, 6.45) is 1.43. The molecule has 1 aromatic rings. The largest absolute Gasteiger partial charge is 0.479 e. The molecule has 1 aliphatic carbocycles. The Hall–Kier alpha value is -2.02. The van der Waals surface area contributed by atoms with E-state index < -0.39 is 29.1 Å².